The van der Waals surface area contributed by atoms with Crippen LogP contribution in [0.4, 0.5) is 0 Å². The lowest BCUT2D eigenvalue weighted by Crippen LogP contribution is -2.25. The van der Waals surface area contributed by atoms with Gasteiger partial charge in [0.15, 0.2) is 0 Å². The summed E-state index contributed by atoms with van der Waals surface area (Å²) in [6.07, 6.45) is 6.30. The summed E-state index contributed by atoms with van der Waals surface area (Å²) in [6.45, 7) is 11.4. The fraction of sp³-hybridized carbons (Fsp3) is 1.00. The van der Waals surface area contributed by atoms with Crippen LogP contribution in [0.1, 0.15) is 46.0 Å². The third-order valence-corrected chi connectivity index (χ3v) is 2.55. The molecule has 0 aromatic heterocycles. The Morgan fingerprint density at radius 3 is 1.38 bits per heavy atom. The maximum Gasteiger partial charge on any atom is -0.00368 e. The Kier molecular flexibility index (Phi) is 14.8. The number of rotatable bonds is 13. The Labute approximate surface area is 102 Å². The van der Waals surface area contributed by atoms with E-state index in [1.54, 1.807) is 0 Å². The van der Waals surface area contributed by atoms with Crippen LogP contribution in [-0.2, 0) is 0 Å². The van der Waals surface area contributed by atoms with Crippen molar-refractivity contribution in [3.8, 4) is 0 Å². The van der Waals surface area contributed by atoms with Gasteiger partial charge in [-0.25, -0.2) is 0 Å². The molecule has 0 unspecified atom stereocenters. The van der Waals surface area contributed by atoms with Crippen LogP contribution in [-0.4, -0.2) is 39.3 Å². The monoisotopic (exact) mass is 229 g/mol. The van der Waals surface area contributed by atoms with Crippen LogP contribution >= 0.6 is 0 Å². The van der Waals surface area contributed by atoms with E-state index < -0.39 is 0 Å². The van der Waals surface area contributed by atoms with Crippen LogP contribution < -0.4 is 16.0 Å². The van der Waals surface area contributed by atoms with Gasteiger partial charge in [-0.2, -0.15) is 0 Å². The molecule has 98 valence electrons. The Balaban J connectivity index is 2.83. The molecule has 3 nitrogen and oxygen atoms in total. The summed E-state index contributed by atoms with van der Waals surface area (Å²) in [5, 5.41) is 10.3. The Bertz CT molecular complexity index is 104. The fourth-order valence-electron chi connectivity index (χ4n) is 1.53. The van der Waals surface area contributed by atoms with Crippen LogP contribution in [0.5, 0.6) is 0 Å². The summed E-state index contributed by atoms with van der Waals surface area (Å²) in [7, 11) is 0. The van der Waals surface area contributed by atoms with E-state index in [1.807, 2.05) is 0 Å². The van der Waals surface area contributed by atoms with Crippen LogP contribution in [0.3, 0.4) is 0 Å². The molecule has 0 amide bonds. The van der Waals surface area contributed by atoms with Gasteiger partial charge in [0.1, 0.15) is 0 Å². The molecule has 0 atom stereocenters. The predicted octanol–water partition coefficient (Wildman–Crippen LogP) is 1.75. The first-order chi connectivity index (χ1) is 7.91. The standard InChI is InChI=1S/C13H31N3/c1-3-5-9-15-11-7-13-16-12-6-10-14-8-4-2/h14-16H,3-13H2,1-2H3. The van der Waals surface area contributed by atoms with E-state index >= 15 is 0 Å². The van der Waals surface area contributed by atoms with Crippen molar-refractivity contribution in [1.29, 1.82) is 0 Å². The number of hydrogen-bond donors (Lipinski definition) is 3. The summed E-state index contributed by atoms with van der Waals surface area (Å²) in [6, 6.07) is 0. The van der Waals surface area contributed by atoms with E-state index in [1.165, 1.54) is 38.6 Å². The van der Waals surface area contributed by atoms with Gasteiger partial charge in [0, 0.05) is 0 Å². The van der Waals surface area contributed by atoms with Gasteiger partial charge in [-0.05, 0) is 65.0 Å². The molecule has 0 bridgehead atoms. The van der Waals surface area contributed by atoms with Crippen LogP contribution in [0.15, 0.2) is 0 Å². The third-order valence-electron chi connectivity index (χ3n) is 2.55. The Morgan fingerprint density at radius 1 is 0.500 bits per heavy atom. The molecule has 0 saturated carbocycles. The van der Waals surface area contributed by atoms with Crippen molar-refractivity contribution in [1.82, 2.24) is 16.0 Å². The van der Waals surface area contributed by atoms with Gasteiger partial charge in [-0.15, -0.1) is 0 Å². The lowest BCUT2D eigenvalue weighted by atomic mass is 10.3. The molecule has 0 aromatic rings. The van der Waals surface area contributed by atoms with Crippen molar-refractivity contribution in [3.63, 3.8) is 0 Å². The van der Waals surface area contributed by atoms with Gasteiger partial charge >= 0.3 is 0 Å². The van der Waals surface area contributed by atoms with Crippen molar-refractivity contribution in [2.75, 3.05) is 39.3 Å². The maximum absolute atomic E-state index is 3.47. The van der Waals surface area contributed by atoms with Gasteiger partial charge in [0.05, 0.1) is 0 Å². The van der Waals surface area contributed by atoms with Crippen molar-refractivity contribution >= 4 is 0 Å². The second-order valence-corrected chi connectivity index (χ2v) is 4.31. The molecule has 3 heteroatoms. The van der Waals surface area contributed by atoms with E-state index in [2.05, 4.69) is 29.8 Å². The van der Waals surface area contributed by atoms with Crippen molar-refractivity contribution < 1.29 is 0 Å². The molecule has 0 aliphatic heterocycles. The van der Waals surface area contributed by atoms with Crippen LogP contribution in [0, 0.1) is 0 Å². The summed E-state index contributed by atoms with van der Waals surface area (Å²) in [4.78, 5) is 0. The highest BCUT2D eigenvalue weighted by Crippen LogP contribution is 1.83. The molecule has 0 fully saturated rings. The van der Waals surface area contributed by atoms with Gasteiger partial charge in [0.2, 0.25) is 0 Å². The van der Waals surface area contributed by atoms with Crippen LogP contribution in [0.2, 0.25) is 0 Å². The highest BCUT2D eigenvalue weighted by atomic mass is 14.9. The predicted molar refractivity (Wildman–Crippen MR) is 73.0 cm³/mol. The topological polar surface area (TPSA) is 36.1 Å². The molecule has 0 heterocycles. The van der Waals surface area contributed by atoms with Crippen molar-refractivity contribution in [2.24, 2.45) is 0 Å². The fourth-order valence-corrected chi connectivity index (χ4v) is 1.53. The lowest BCUT2D eigenvalue weighted by Gasteiger charge is -2.06. The van der Waals surface area contributed by atoms with E-state index in [0.717, 1.165) is 32.7 Å². The molecule has 0 radical (unpaired) electrons. The minimum Gasteiger partial charge on any atom is -0.317 e. The second kappa shape index (κ2) is 14.9. The molecular weight excluding hydrogens is 198 g/mol. The molecule has 0 aliphatic carbocycles. The largest absolute Gasteiger partial charge is 0.317 e. The van der Waals surface area contributed by atoms with E-state index in [-0.39, 0.29) is 0 Å². The summed E-state index contributed by atoms with van der Waals surface area (Å²) in [5.74, 6) is 0. The summed E-state index contributed by atoms with van der Waals surface area (Å²) < 4.78 is 0. The molecular formula is C13H31N3. The van der Waals surface area contributed by atoms with Gasteiger partial charge in [0.25, 0.3) is 0 Å². The normalized spacial score (nSPS) is 10.9. The molecule has 0 aromatic carbocycles. The van der Waals surface area contributed by atoms with E-state index in [4.69, 9.17) is 0 Å². The third kappa shape index (κ3) is 13.9. The van der Waals surface area contributed by atoms with E-state index in [9.17, 15) is 0 Å². The molecule has 3 N–H and O–H groups in total. The van der Waals surface area contributed by atoms with Gasteiger partial charge in [-0.3, -0.25) is 0 Å². The number of hydrogen-bond acceptors (Lipinski definition) is 3. The molecule has 0 saturated heterocycles. The number of nitrogens with one attached hydrogen (secondary N) is 3. The first kappa shape index (κ1) is 15.9. The minimum atomic E-state index is 1.14. The minimum absolute atomic E-state index is 1.14. The molecule has 0 spiro atoms. The molecule has 0 aliphatic rings. The average molecular weight is 229 g/mol. The second-order valence-electron chi connectivity index (χ2n) is 4.31. The summed E-state index contributed by atoms with van der Waals surface area (Å²) in [5.41, 5.74) is 0. The van der Waals surface area contributed by atoms with E-state index in [0.29, 0.717) is 0 Å². The SMILES string of the molecule is CCCCNCCCNCCCNCCC. The Morgan fingerprint density at radius 2 is 0.938 bits per heavy atom. The maximum atomic E-state index is 3.47. The first-order valence-corrected chi connectivity index (χ1v) is 7.04. The highest BCUT2D eigenvalue weighted by molar-refractivity contribution is 4.54. The lowest BCUT2D eigenvalue weighted by molar-refractivity contribution is 0.558. The molecule has 0 rings (SSSR count). The van der Waals surface area contributed by atoms with Gasteiger partial charge < -0.3 is 16.0 Å². The zero-order valence-electron chi connectivity index (χ0n) is 11.3. The average Bonchev–Trinajstić information content (AvgIpc) is 2.31. The zero-order chi connectivity index (χ0) is 11.9. The Hall–Kier alpha value is -0.120. The smallest absolute Gasteiger partial charge is 0.00368 e. The van der Waals surface area contributed by atoms with Gasteiger partial charge in [-0.1, -0.05) is 20.3 Å². The first-order valence-electron chi connectivity index (χ1n) is 7.04. The summed E-state index contributed by atoms with van der Waals surface area (Å²) >= 11 is 0. The van der Waals surface area contributed by atoms with Crippen molar-refractivity contribution in [3.05, 3.63) is 0 Å². The quantitative estimate of drug-likeness (QED) is 0.421. The zero-order valence-corrected chi connectivity index (χ0v) is 11.3. The molecule has 16 heavy (non-hydrogen) atoms. The van der Waals surface area contributed by atoms with Crippen molar-refractivity contribution in [2.45, 2.75) is 46.0 Å². The highest BCUT2D eigenvalue weighted by Gasteiger charge is 1.89. The number of unbranched alkanes of at least 4 members (excludes halogenated alkanes) is 1. The van der Waals surface area contributed by atoms with Crippen LogP contribution in [0.25, 0.3) is 0 Å².